The van der Waals surface area contributed by atoms with Gasteiger partial charge in [0.05, 0.1) is 12.2 Å². The first-order chi connectivity index (χ1) is 6.81. The van der Waals surface area contributed by atoms with Crippen LogP contribution in [0.4, 0.5) is 0 Å². The largest absolute Gasteiger partial charge is 0.462 e. The summed E-state index contributed by atoms with van der Waals surface area (Å²) in [5.74, 6) is 0.737. The Hall–Kier alpha value is -0.740. The van der Waals surface area contributed by atoms with Crippen molar-refractivity contribution >= 4 is 17.7 Å². The molecule has 76 valence electrons. The lowest BCUT2D eigenvalue weighted by atomic mass is 10.0. The average Bonchev–Trinajstić information content (AvgIpc) is 2.64. The average molecular weight is 211 g/mol. The van der Waals surface area contributed by atoms with E-state index in [4.69, 9.17) is 4.74 Å². The van der Waals surface area contributed by atoms with Crippen molar-refractivity contribution in [2.45, 2.75) is 18.2 Å². The van der Waals surface area contributed by atoms with Gasteiger partial charge in [0.1, 0.15) is 0 Å². The van der Waals surface area contributed by atoms with Gasteiger partial charge in [-0.15, -0.1) is 11.8 Å². The molecule has 2 rings (SSSR count). The van der Waals surface area contributed by atoms with Crippen LogP contribution in [0, 0.1) is 0 Å². The number of hydrogen-bond acceptors (Lipinski definition) is 4. The highest BCUT2D eigenvalue weighted by Crippen LogP contribution is 2.27. The van der Waals surface area contributed by atoms with E-state index in [9.17, 15) is 4.79 Å². The molecule has 1 fully saturated rings. The van der Waals surface area contributed by atoms with Crippen molar-refractivity contribution in [1.29, 1.82) is 0 Å². The Morgan fingerprint density at radius 1 is 1.79 bits per heavy atom. The van der Waals surface area contributed by atoms with Crippen LogP contribution in [0.1, 0.15) is 6.92 Å². The molecule has 0 aromatic heterocycles. The molecule has 2 aliphatic rings. The normalized spacial score (nSPS) is 29.6. The summed E-state index contributed by atoms with van der Waals surface area (Å²) in [5, 5.41) is 3.72. The van der Waals surface area contributed by atoms with Crippen LogP contribution in [0.3, 0.4) is 0 Å². The lowest BCUT2D eigenvalue weighted by Crippen LogP contribution is -2.29. The van der Waals surface area contributed by atoms with Gasteiger partial charge in [-0.25, -0.2) is 4.79 Å². The molecular formula is C10H13NO2S. The Balaban J connectivity index is 2.07. The molecule has 0 amide bonds. The van der Waals surface area contributed by atoms with Crippen molar-refractivity contribution in [3.63, 3.8) is 0 Å². The summed E-state index contributed by atoms with van der Waals surface area (Å²) in [7, 11) is 0. The van der Waals surface area contributed by atoms with E-state index in [1.165, 1.54) is 0 Å². The molecule has 2 atom stereocenters. The Kier molecular flexibility index (Phi) is 2.93. The Morgan fingerprint density at radius 3 is 3.43 bits per heavy atom. The standard InChI is InChI=1S/C10H13NO2S/c1-2-13-10(12)7-3-4-8-9(5-7)14-6-11-8/h3-5,8-9,11H,2,6H2,1H3. The molecule has 0 spiro atoms. The van der Waals surface area contributed by atoms with Crippen LogP contribution in [0.25, 0.3) is 0 Å². The van der Waals surface area contributed by atoms with E-state index in [-0.39, 0.29) is 5.97 Å². The summed E-state index contributed by atoms with van der Waals surface area (Å²) in [6, 6.07) is 0.387. The molecule has 0 aromatic carbocycles. The third-order valence-electron chi connectivity index (χ3n) is 2.29. The van der Waals surface area contributed by atoms with E-state index < -0.39 is 0 Å². The van der Waals surface area contributed by atoms with Crippen molar-refractivity contribution in [2.24, 2.45) is 0 Å². The summed E-state index contributed by atoms with van der Waals surface area (Å²) in [6.45, 7) is 2.25. The molecule has 1 N–H and O–H groups in total. The Bertz CT molecular complexity index is 298. The highest BCUT2D eigenvalue weighted by atomic mass is 32.2. The van der Waals surface area contributed by atoms with E-state index in [2.05, 4.69) is 5.32 Å². The maximum Gasteiger partial charge on any atom is 0.337 e. The van der Waals surface area contributed by atoms with Crippen LogP contribution < -0.4 is 5.32 Å². The molecule has 0 aromatic rings. The van der Waals surface area contributed by atoms with Crippen LogP contribution >= 0.6 is 11.8 Å². The van der Waals surface area contributed by atoms with Gasteiger partial charge in [-0.1, -0.05) is 18.2 Å². The lowest BCUT2D eigenvalue weighted by Gasteiger charge is -2.16. The molecule has 14 heavy (non-hydrogen) atoms. The van der Waals surface area contributed by atoms with Gasteiger partial charge in [-0.05, 0) is 6.92 Å². The second kappa shape index (κ2) is 4.19. The maximum absolute atomic E-state index is 11.4. The van der Waals surface area contributed by atoms with E-state index >= 15 is 0 Å². The van der Waals surface area contributed by atoms with Gasteiger partial charge in [-0.2, -0.15) is 0 Å². The maximum atomic E-state index is 11.4. The second-order valence-corrected chi connectivity index (χ2v) is 4.37. The third-order valence-corrected chi connectivity index (χ3v) is 3.43. The molecular weight excluding hydrogens is 198 g/mol. The monoisotopic (exact) mass is 211 g/mol. The minimum absolute atomic E-state index is 0.213. The second-order valence-electron chi connectivity index (χ2n) is 3.21. The summed E-state index contributed by atoms with van der Waals surface area (Å²) in [6.07, 6.45) is 5.88. The highest BCUT2D eigenvalue weighted by Gasteiger charge is 2.27. The van der Waals surface area contributed by atoms with E-state index in [1.807, 2.05) is 36.9 Å². The van der Waals surface area contributed by atoms with Crippen molar-refractivity contribution < 1.29 is 9.53 Å². The lowest BCUT2D eigenvalue weighted by molar-refractivity contribution is -0.138. The van der Waals surface area contributed by atoms with Gasteiger partial charge >= 0.3 is 5.97 Å². The zero-order chi connectivity index (χ0) is 9.97. The summed E-state index contributed by atoms with van der Waals surface area (Å²) >= 11 is 1.82. The number of carbonyl (C=O) groups is 1. The molecule has 4 heteroatoms. The van der Waals surface area contributed by atoms with Gasteiger partial charge in [0.2, 0.25) is 0 Å². The Labute approximate surface area is 87.6 Å². The van der Waals surface area contributed by atoms with Crippen LogP contribution in [-0.4, -0.2) is 29.7 Å². The fourth-order valence-electron chi connectivity index (χ4n) is 1.58. The molecule has 1 aliphatic heterocycles. The van der Waals surface area contributed by atoms with Crippen LogP contribution in [-0.2, 0) is 9.53 Å². The summed E-state index contributed by atoms with van der Waals surface area (Å²) < 4.78 is 4.94. The first-order valence-corrected chi connectivity index (χ1v) is 5.78. The van der Waals surface area contributed by atoms with E-state index in [0.29, 0.717) is 23.5 Å². The number of thioether (sulfide) groups is 1. The van der Waals surface area contributed by atoms with Crippen molar-refractivity contribution in [1.82, 2.24) is 5.32 Å². The first kappa shape index (κ1) is 9.80. The van der Waals surface area contributed by atoms with Gasteiger partial charge in [-0.3, -0.25) is 0 Å². The topological polar surface area (TPSA) is 38.3 Å². The van der Waals surface area contributed by atoms with Crippen LogP contribution in [0.5, 0.6) is 0 Å². The summed E-state index contributed by atoms with van der Waals surface area (Å²) in [4.78, 5) is 11.4. The molecule has 1 heterocycles. The molecule has 1 aliphatic carbocycles. The number of nitrogens with one attached hydrogen (secondary N) is 1. The van der Waals surface area contributed by atoms with Crippen LogP contribution in [0.2, 0.25) is 0 Å². The van der Waals surface area contributed by atoms with Crippen molar-refractivity contribution in [2.75, 3.05) is 12.5 Å². The predicted molar refractivity (Wildman–Crippen MR) is 57.0 cm³/mol. The number of rotatable bonds is 2. The molecule has 3 nitrogen and oxygen atoms in total. The van der Waals surface area contributed by atoms with Crippen LogP contribution in [0.15, 0.2) is 23.8 Å². The molecule has 0 bridgehead atoms. The predicted octanol–water partition coefficient (Wildman–Crippen LogP) is 1.08. The molecule has 1 saturated heterocycles. The fraction of sp³-hybridized carbons (Fsp3) is 0.500. The van der Waals surface area contributed by atoms with E-state index in [0.717, 1.165) is 5.88 Å². The van der Waals surface area contributed by atoms with Gasteiger partial charge in [0.25, 0.3) is 0 Å². The zero-order valence-electron chi connectivity index (χ0n) is 8.03. The quantitative estimate of drug-likeness (QED) is 0.694. The van der Waals surface area contributed by atoms with Crippen molar-refractivity contribution in [3.8, 4) is 0 Å². The smallest absolute Gasteiger partial charge is 0.337 e. The van der Waals surface area contributed by atoms with Gasteiger partial charge in [0, 0.05) is 17.2 Å². The Morgan fingerprint density at radius 2 is 2.64 bits per heavy atom. The van der Waals surface area contributed by atoms with E-state index in [1.54, 1.807) is 0 Å². The highest BCUT2D eigenvalue weighted by molar-refractivity contribution is 8.00. The van der Waals surface area contributed by atoms with Gasteiger partial charge in [0.15, 0.2) is 0 Å². The molecule has 2 unspecified atom stereocenters. The fourth-order valence-corrected chi connectivity index (χ4v) is 2.70. The SMILES string of the molecule is CCOC(=O)C1=CC2SCNC2C=C1. The van der Waals surface area contributed by atoms with Crippen molar-refractivity contribution in [3.05, 3.63) is 23.8 Å². The first-order valence-electron chi connectivity index (χ1n) is 4.73. The number of fused-ring (bicyclic) bond motifs is 1. The molecule has 0 radical (unpaired) electrons. The molecule has 0 saturated carbocycles. The third kappa shape index (κ3) is 1.86. The summed E-state index contributed by atoms with van der Waals surface area (Å²) in [5.41, 5.74) is 0.685. The number of hydrogen-bond donors (Lipinski definition) is 1. The minimum Gasteiger partial charge on any atom is -0.462 e. The number of carbonyl (C=O) groups excluding carboxylic acids is 1. The number of esters is 1. The van der Waals surface area contributed by atoms with Gasteiger partial charge < -0.3 is 10.1 Å². The zero-order valence-corrected chi connectivity index (χ0v) is 8.84. The minimum atomic E-state index is -0.213. The number of ether oxygens (including phenoxy) is 1.